The molecule has 1 aromatic heterocycles. The number of benzene rings is 2. The Kier molecular flexibility index (Phi) is 4.81. The Balaban J connectivity index is 1.81. The van der Waals surface area contributed by atoms with Crippen LogP contribution in [0, 0.1) is 19.1 Å². The van der Waals surface area contributed by atoms with E-state index < -0.39 is 0 Å². The Morgan fingerprint density at radius 1 is 1.04 bits per heavy atom. The number of hydrogen-bond donors (Lipinski definition) is 0. The number of aliphatic imine (C=N–C) groups is 1. The number of aryl methyl sites for hydroxylation is 1. The molecule has 0 amide bonds. The molecule has 0 spiro atoms. The van der Waals surface area contributed by atoms with Crippen molar-refractivity contribution in [3.8, 4) is 5.69 Å². The van der Waals surface area contributed by atoms with Crippen molar-refractivity contribution >= 4 is 17.8 Å². The number of nitrogens with zero attached hydrogens (tertiary/aromatic N) is 3. The second-order valence-corrected chi connectivity index (χ2v) is 6.34. The Morgan fingerprint density at radius 2 is 1.82 bits per heavy atom. The van der Waals surface area contributed by atoms with Crippen LogP contribution in [0.4, 0.5) is 5.82 Å². The molecule has 0 N–H and O–H groups in total. The first-order valence-electron chi connectivity index (χ1n) is 8.88. The zero-order valence-corrected chi connectivity index (χ0v) is 15.3. The lowest BCUT2D eigenvalue weighted by molar-refractivity contribution is 0.103. The highest BCUT2D eigenvalue weighted by atomic mass is 16.1. The number of carbonyl (C=O) groups excluding carboxylic acids is 1. The molecular weight excluding hydrogens is 346 g/mol. The summed E-state index contributed by atoms with van der Waals surface area (Å²) in [7, 11) is 0. The monoisotopic (exact) mass is 363 g/mol. The first kappa shape index (κ1) is 17.4. The Morgan fingerprint density at radius 3 is 2.54 bits per heavy atom. The molecule has 0 aliphatic rings. The SMILES string of the molecule is Cc1ccc(-n2cnc(N=Cc3ccccc3)c2C(=O)c2cc#ccc2)cc1. The van der Waals surface area contributed by atoms with Gasteiger partial charge in [-0.05, 0) is 42.8 Å². The molecule has 0 saturated heterocycles. The van der Waals surface area contributed by atoms with Crippen molar-refractivity contribution < 1.29 is 4.79 Å². The number of carbonyl (C=O) groups is 1. The van der Waals surface area contributed by atoms with Crippen molar-refractivity contribution in [2.45, 2.75) is 6.92 Å². The molecule has 0 atom stereocenters. The zero-order valence-electron chi connectivity index (χ0n) is 15.3. The van der Waals surface area contributed by atoms with Gasteiger partial charge >= 0.3 is 0 Å². The fourth-order valence-electron chi connectivity index (χ4n) is 2.85. The van der Waals surface area contributed by atoms with Gasteiger partial charge in [0.15, 0.2) is 5.82 Å². The average molecular weight is 363 g/mol. The zero-order chi connectivity index (χ0) is 19.3. The molecule has 0 saturated carbocycles. The van der Waals surface area contributed by atoms with E-state index in [0.717, 1.165) is 16.8 Å². The molecule has 0 aliphatic heterocycles. The first-order chi connectivity index (χ1) is 13.7. The van der Waals surface area contributed by atoms with Crippen LogP contribution in [0.1, 0.15) is 27.2 Å². The minimum atomic E-state index is -0.163. The maximum atomic E-state index is 13.2. The summed E-state index contributed by atoms with van der Waals surface area (Å²) in [5.41, 5.74) is 3.87. The summed E-state index contributed by atoms with van der Waals surface area (Å²) < 4.78 is 1.77. The van der Waals surface area contributed by atoms with Gasteiger partial charge in [0.05, 0.1) is 0 Å². The highest BCUT2D eigenvalue weighted by Gasteiger charge is 2.21. The molecule has 0 radical (unpaired) electrons. The molecule has 134 valence electrons. The summed E-state index contributed by atoms with van der Waals surface area (Å²) in [6.07, 6.45) is 3.35. The van der Waals surface area contributed by atoms with Crippen LogP contribution >= 0.6 is 0 Å². The van der Waals surface area contributed by atoms with Gasteiger partial charge < -0.3 is 0 Å². The van der Waals surface area contributed by atoms with Gasteiger partial charge in [0.2, 0.25) is 5.78 Å². The van der Waals surface area contributed by atoms with E-state index in [9.17, 15) is 4.79 Å². The topological polar surface area (TPSA) is 47.2 Å². The Labute approximate surface area is 163 Å². The maximum Gasteiger partial charge on any atom is 0.214 e. The molecule has 0 unspecified atom stereocenters. The molecular formula is C24H17N3O. The predicted octanol–water partition coefficient (Wildman–Crippen LogP) is 4.76. The summed E-state index contributed by atoms with van der Waals surface area (Å²) in [5.74, 6) is 0.214. The van der Waals surface area contributed by atoms with E-state index >= 15 is 0 Å². The van der Waals surface area contributed by atoms with E-state index in [2.05, 4.69) is 22.1 Å². The highest BCUT2D eigenvalue weighted by Crippen LogP contribution is 2.24. The normalized spacial score (nSPS) is 10.8. The molecule has 4 aromatic rings. The van der Waals surface area contributed by atoms with E-state index in [4.69, 9.17) is 0 Å². The van der Waals surface area contributed by atoms with Crippen molar-refractivity contribution in [2.75, 3.05) is 0 Å². The van der Waals surface area contributed by atoms with Gasteiger partial charge in [0.25, 0.3) is 0 Å². The van der Waals surface area contributed by atoms with E-state index in [-0.39, 0.29) is 5.78 Å². The van der Waals surface area contributed by atoms with Gasteiger partial charge in [0, 0.05) is 17.5 Å². The lowest BCUT2D eigenvalue weighted by atomic mass is 10.1. The van der Waals surface area contributed by atoms with Crippen molar-refractivity contribution in [2.24, 2.45) is 4.99 Å². The van der Waals surface area contributed by atoms with E-state index in [1.807, 2.05) is 61.5 Å². The number of ketones is 1. The van der Waals surface area contributed by atoms with Crippen molar-refractivity contribution in [3.05, 3.63) is 114 Å². The highest BCUT2D eigenvalue weighted by molar-refractivity contribution is 6.11. The summed E-state index contributed by atoms with van der Waals surface area (Å²) in [5, 5.41) is 0. The third-order valence-corrected chi connectivity index (χ3v) is 4.33. The molecule has 28 heavy (non-hydrogen) atoms. The van der Waals surface area contributed by atoms with Gasteiger partial charge in [-0.3, -0.25) is 9.36 Å². The number of aromatic nitrogens is 2. The van der Waals surface area contributed by atoms with Gasteiger partial charge in [-0.15, -0.1) is 0 Å². The van der Waals surface area contributed by atoms with Crippen LogP contribution in [0.5, 0.6) is 0 Å². The lowest BCUT2D eigenvalue weighted by Crippen LogP contribution is -2.08. The number of hydrogen-bond acceptors (Lipinski definition) is 3. The van der Waals surface area contributed by atoms with Crippen molar-refractivity contribution in [1.29, 1.82) is 0 Å². The maximum absolute atomic E-state index is 13.2. The number of rotatable bonds is 5. The van der Waals surface area contributed by atoms with E-state index in [0.29, 0.717) is 17.1 Å². The fraction of sp³-hybridized carbons (Fsp3) is 0.0417. The van der Waals surface area contributed by atoms with Crippen molar-refractivity contribution in [1.82, 2.24) is 9.55 Å². The summed E-state index contributed by atoms with van der Waals surface area (Å²) in [6, 6.07) is 28.3. The van der Waals surface area contributed by atoms with Gasteiger partial charge in [-0.1, -0.05) is 60.2 Å². The van der Waals surface area contributed by atoms with Crippen LogP contribution in [-0.2, 0) is 0 Å². The predicted molar refractivity (Wildman–Crippen MR) is 110 cm³/mol. The molecule has 4 heteroatoms. The molecule has 4 rings (SSSR count). The molecule has 3 aromatic carbocycles. The Hall–Kier alpha value is -3.97. The third-order valence-electron chi connectivity index (χ3n) is 4.33. The largest absolute Gasteiger partial charge is 0.294 e. The van der Waals surface area contributed by atoms with Gasteiger partial charge in [-0.2, -0.15) is 0 Å². The summed E-state index contributed by atoms with van der Waals surface area (Å²) in [6.45, 7) is 2.02. The van der Waals surface area contributed by atoms with Crippen LogP contribution < -0.4 is 0 Å². The van der Waals surface area contributed by atoms with Crippen LogP contribution in [0.25, 0.3) is 5.69 Å². The third kappa shape index (κ3) is 3.60. The molecule has 4 nitrogen and oxygen atoms in total. The van der Waals surface area contributed by atoms with Crippen molar-refractivity contribution in [3.63, 3.8) is 0 Å². The standard InChI is InChI=1S/C24H17N3O/c1-18-12-14-21(15-13-18)27-17-26-24(25-16-19-8-4-2-5-9-19)22(27)23(28)20-10-6-3-7-11-20/h2,4-6,8-17H,1H3. The summed E-state index contributed by atoms with van der Waals surface area (Å²) in [4.78, 5) is 22.1. The number of imidazole rings is 1. The average Bonchev–Trinajstić information content (AvgIpc) is 3.17. The molecule has 0 aliphatic carbocycles. The minimum absolute atomic E-state index is 0.163. The van der Waals surface area contributed by atoms with Crippen LogP contribution in [-0.4, -0.2) is 21.5 Å². The summed E-state index contributed by atoms with van der Waals surface area (Å²) >= 11 is 0. The van der Waals surface area contributed by atoms with Gasteiger partial charge in [0.1, 0.15) is 12.0 Å². The molecule has 0 bridgehead atoms. The quantitative estimate of drug-likeness (QED) is 0.379. The van der Waals surface area contributed by atoms with E-state index in [1.54, 1.807) is 35.3 Å². The van der Waals surface area contributed by atoms with Crippen LogP contribution in [0.3, 0.4) is 0 Å². The van der Waals surface area contributed by atoms with Gasteiger partial charge in [-0.25, -0.2) is 9.98 Å². The second-order valence-electron chi connectivity index (χ2n) is 6.34. The van der Waals surface area contributed by atoms with Crippen LogP contribution in [0.15, 0.2) is 84.1 Å². The smallest absolute Gasteiger partial charge is 0.214 e. The lowest BCUT2D eigenvalue weighted by Gasteiger charge is -2.08. The molecule has 1 heterocycles. The Bertz CT molecular complexity index is 1110. The fourth-order valence-corrected chi connectivity index (χ4v) is 2.85. The first-order valence-corrected chi connectivity index (χ1v) is 8.88. The minimum Gasteiger partial charge on any atom is -0.294 e. The van der Waals surface area contributed by atoms with Crippen LogP contribution in [0.2, 0.25) is 0 Å². The molecule has 0 fully saturated rings. The van der Waals surface area contributed by atoms with E-state index in [1.165, 1.54) is 0 Å². The second kappa shape index (κ2) is 7.73.